The molecule has 13 heteroatoms. The maximum atomic E-state index is 14.2. The number of amides is 1. The molecule has 1 aromatic carbocycles. The maximum absolute atomic E-state index is 14.2. The molecule has 0 radical (unpaired) electrons. The molecule has 1 aromatic heterocycles. The van der Waals surface area contributed by atoms with E-state index in [1.807, 2.05) is 11.4 Å². The molecule has 2 N–H and O–H groups in total. The number of aromatic nitrogens is 1. The van der Waals surface area contributed by atoms with Crippen LogP contribution in [-0.2, 0) is 20.4 Å². The fourth-order valence-corrected chi connectivity index (χ4v) is 4.84. The predicted octanol–water partition coefficient (Wildman–Crippen LogP) is 1.81. The highest BCUT2D eigenvalue weighted by atomic mass is 32.2. The number of benzene rings is 1. The van der Waals surface area contributed by atoms with E-state index in [2.05, 4.69) is 5.32 Å². The van der Waals surface area contributed by atoms with Crippen molar-refractivity contribution in [2.45, 2.75) is 42.4 Å². The third-order valence-electron chi connectivity index (χ3n) is 5.25. The number of rotatable bonds is 9. The SMILES string of the molecule is N#CC1(NC(=O)[C@H](CS(=O)(=O)Cc2cccc[n+]2[O-])N[C@H](c2ccccc2F)C(F)(F)F)CC1. The molecule has 0 spiro atoms. The lowest BCUT2D eigenvalue weighted by atomic mass is 10.0. The van der Waals surface area contributed by atoms with Crippen LogP contribution in [-0.4, -0.2) is 37.8 Å². The first-order valence-electron chi connectivity index (χ1n) is 10.0. The highest BCUT2D eigenvalue weighted by Gasteiger charge is 2.48. The van der Waals surface area contributed by atoms with Crippen LogP contribution in [0.2, 0.25) is 0 Å². The summed E-state index contributed by atoms with van der Waals surface area (Å²) >= 11 is 0. The molecule has 2 atom stereocenters. The Labute approximate surface area is 192 Å². The summed E-state index contributed by atoms with van der Waals surface area (Å²) in [5.74, 6) is -4.33. The van der Waals surface area contributed by atoms with E-state index in [1.165, 1.54) is 30.3 Å². The van der Waals surface area contributed by atoms with Crippen LogP contribution in [0.3, 0.4) is 0 Å². The van der Waals surface area contributed by atoms with E-state index in [0.29, 0.717) is 0 Å². The molecule has 1 aliphatic rings. The Kier molecular flexibility index (Phi) is 7.13. The number of carbonyl (C=O) groups is 1. The first-order valence-corrected chi connectivity index (χ1v) is 11.9. The first kappa shape index (κ1) is 25.4. The predicted molar refractivity (Wildman–Crippen MR) is 111 cm³/mol. The van der Waals surface area contributed by atoms with Gasteiger partial charge in [0, 0.05) is 17.7 Å². The van der Waals surface area contributed by atoms with E-state index in [0.717, 1.165) is 18.3 Å². The highest BCUT2D eigenvalue weighted by molar-refractivity contribution is 7.90. The van der Waals surface area contributed by atoms with Gasteiger partial charge in [-0.05, 0) is 25.0 Å². The Hall–Kier alpha value is -3.24. The lowest BCUT2D eigenvalue weighted by molar-refractivity contribution is -0.612. The molecular weight excluding hydrogens is 480 g/mol. The number of alkyl halides is 3. The maximum Gasteiger partial charge on any atom is 0.408 e. The van der Waals surface area contributed by atoms with Gasteiger partial charge in [-0.2, -0.15) is 23.2 Å². The minimum absolute atomic E-state index is 0.196. The number of pyridine rings is 1. The average Bonchev–Trinajstić information content (AvgIpc) is 3.52. The van der Waals surface area contributed by atoms with E-state index >= 15 is 0 Å². The number of sulfone groups is 1. The Morgan fingerprint density at radius 3 is 2.41 bits per heavy atom. The van der Waals surface area contributed by atoms with Crippen LogP contribution in [0.1, 0.15) is 30.1 Å². The molecular formula is C21H20F4N4O4S. The van der Waals surface area contributed by atoms with Gasteiger partial charge < -0.3 is 10.5 Å². The highest BCUT2D eigenvalue weighted by Crippen LogP contribution is 2.36. The van der Waals surface area contributed by atoms with Gasteiger partial charge in [0.25, 0.3) is 0 Å². The number of nitrogens with zero attached hydrogens (tertiary/aromatic N) is 2. The van der Waals surface area contributed by atoms with Gasteiger partial charge in [0.15, 0.2) is 16.0 Å². The summed E-state index contributed by atoms with van der Waals surface area (Å²) in [7, 11) is -4.31. The number of nitriles is 1. The summed E-state index contributed by atoms with van der Waals surface area (Å²) in [5.41, 5.74) is -2.31. The van der Waals surface area contributed by atoms with Crippen molar-refractivity contribution in [2.24, 2.45) is 0 Å². The molecule has 1 saturated carbocycles. The van der Waals surface area contributed by atoms with Crippen molar-refractivity contribution >= 4 is 15.7 Å². The average molecular weight is 500 g/mol. The van der Waals surface area contributed by atoms with Gasteiger partial charge in [0.05, 0.1) is 11.8 Å². The number of hydrogen-bond donors (Lipinski definition) is 2. The second-order valence-corrected chi connectivity index (χ2v) is 10.1. The zero-order chi connectivity index (χ0) is 25.1. The monoisotopic (exact) mass is 500 g/mol. The Bertz CT molecular complexity index is 1210. The molecule has 1 fully saturated rings. The number of nitrogens with one attached hydrogen (secondary N) is 2. The summed E-state index contributed by atoms with van der Waals surface area (Å²) in [5, 5.41) is 25.2. The fourth-order valence-electron chi connectivity index (χ4n) is 3.30. The van der Waals surface area contributed by atoms with Crippen molar-refractivity contribution < 1.29 is 35.5 Å². The van der Waals surface area contributed by atoms with E-state index in [4.69, 9.17) is 0 Å². The zero-order valence-corrected chi connectivity index (χ0v) is 18.4. The molecule has 0 unspecified atom stereocenters. The molecule has 0 bridgehead atoms. The van der Waals surface area contributed by atoms with E-state index in [-0.39, 0.29) is 23.3 Å². The number of halogens is 4. The molecule has 3 rings (SSSR count). The largest absolute Gasteiger partial charge is 0.618 e. The van der Waals surface area contributed by atoms with Crippen LogP contribution in [0.5, 0.6) is 0 Å². The van der Waals surface area contributed by atoms with Gasteiger partial charge in [0.1, 0.15) is 29.2 Å². The van der Waals surface area contributed by atoms with Gasteiger partial charge in [-0.25, -0.2) is 12.8 Å². The van der Waals surface area contributed by atoms with Crippen molar-refractivity contribution in [3.63, 3.8) is 0 Å². The van der Waals surface area contributed by atoms with Crippen molar-refractivity contribution in [3.05, 3.63) is 70.9 Å². The van der Waals surface area contributed by atoms with Gasteiger partial charge in [-0.1, -0.05) is 18.2 Å². The Morgan fingerprint density at radius 2 is 1.85 bits per heavy atom. The van der Waals surface area contributed by atoms with Crippen LogP contribution < -0.4 is 15.4 Å². The summed E-state index contributed by atoms with van der Waals surface area (Å²) in [4.78, 5) is 12.8. The third kappa shape index (κ3) is 6.21. The van der Waals surface area contributed by atoms with Gasteiger partial charge >= 0.3 is 6.18 Å². The summed E-state index contributed by atoms with van der Waals surface area (Å²) in [6.07, 6.45) is -3.53. The number of hydrogen-bond acceptors (Lipinski definition) is 6. The van der Waals surface area contributed by atoms with E-state index in [9.17, 15) is 41.2 Å². The van der Waals surface area contributed by atoms with Crippen LogP contribution >= 0.6 is 0 Å². The normalized spacial score (nSPS) is 16.8. The second-order valence-electron chi connectivity index (χ2n) is 7.97. The first-order chi connectivity index (χ1) is 15.9. The zero-order valence-electron chi connectivity index (χ0n) is 17.5. The molecule has 1 aliphatic carbocycles. The van der Waals surface area contributed by atoms with Gasteiger partial charge in [-0.15, -0.1) is 0 Å². The molecule has 2 aromatic rings. The van der Waals surface area contributed by atoms with Crippen LogP contribution in [0.15, 0.2) is 48.7 Å². The summed E-state index contributed by atoms with van der Waals surface area (Å²) in [6.45, 7) is 0. The third-order valence-corrected chi connectivity index (χ3v) is 6.82. The van der Waals surface area contributed by atoms with Crippen LogP contribution in [0, 0.1) is 22.4 Å². The molecule has 182 valence electrons. The number of carbonyl (C=O) groups excluding carboxylic acids is 1. The molecule has 0 saturated heterocycles. The summed E-state index contributed by atoms with van der Waals surface area (Å²) < 4.78 is 81.5. The van der Waals surface area contributed by atoms with Crippen molar-refractivity contribution in [2.75, 3.05) is 5.75 Å². The van der Waals surface area contributed by atoms with E-state index < -0.39 is 62.4 Å². The van der Waals surface area contributed by atoms with Crippen LogP contribution in [0.25, 0.3) is 0 Å². The lowest BCUT2D eigenvalue weighted by Gasteiger charge is -2.28. The minimum atomic E-state index is -5.09. The molecule has 8 nitrogen and oxygen atoms in total. The molecule has 34 heavy (non-hydrogen) atoms. The van der Waals surface area contributed by atoms with Gasteiger partial charge in [0.2, 0.25) is 11.6 Å². The standard InChI is InChI=1S/C21H20F4N4O4S/c22-16-7-2-1-6-15(16)18(21(23,24)25)27-17(19(30)28-20(13-26)8-9-20)12-34(32,33)11-14-5-3-4-10-29(14)31/h1-7,10,17-18,27H,8-9,11-12H2,(H,28,30)/t17-,18+/m0/s1. The van der Waals surface area contributed by atoms with Gasteiger partial charge in [-0.3, -0.25) is 10.1 Å². The van der Waals surface area contributed by atoms with Crippen molar-refractivity contribution in [3.8, 4) is 6.07 Å². The molecule has 0 aliphatic heterocycles. The lowest BCUT2D eigenvalue weighted by Crippen LogP contribution is -2.54. The smallest absolute Gasteiger partial charge is 0.408 e. The summed E-state index contributed by atoms with van der Waals surface area (Å²) in [6, 6.07) is 5.14. The van der Waals surface area contributed by atoms with Crippen LogP contribution in [0.4, 0.5) is 17.6 Å². The quantitative estimate of drug-likeness (QED) is 0.307. The van der Waals surface area contributed by atoms with Crippen molar-refractivity contribution in [1.29, 1.82) is 5.26 Å². The van der Waals surface area contributed by atoms with Crippen molar-refractivity contribution in [1.82, 2.24) is 10.6 Å². The second kappa shape index (κ2) is 9.55. The topological polar surface area (TPSA) is 126 Å². The molecule has 1 amide bonds. The molecule has 1 heterocycles. The van der Waals surface area contributed by atoms with E-state index in [1.54, 1.807) is 0 Å². The fraction of sp³-hybridized carbons (Fsp3) is 0.381. The Balaban J connectivity index is 1.92. The Morgan fingerprint density at radius 1 is 1.21 bits per heavy atom. The minimum Gasteiger partial charge on any atom is -0.618 e.